The maximum absolute atomic E-state index is 12.2. The second-order valence-electron chi connectivity index (χ2n) is 4.77. The molecule has 5 heteroatoms. The van der Waals surface area contributed by atoms with Gasteiger partial charge in [0.15, 0.2) is 0 Å². The summed E-state index contributed by atoms with van der Waals surface area (Å²) in [4.78, 5) is 12.2. The van der Waals surface area contributed by atoms with Gasteiger partial charge in [-0.25, -0.2) is 0 Å². The molecule has 108 valence electrons. The van der Waals surface area contributed by atoms with Gasteiger partial charge >= 0.3 is 0 Å². The van der Waals surface area contributed by atoms with E-state index >= 15 is 0 Å². The van der Waals surface area contributed by atoms with Gasteiger partial charge in [-0.3, -0.25) is 4.79 Å². The number of nitrogens with one attached hydrogen (secondary N) is 1. The first-order valence-electron chi connectivity index (χ1n) is 6.78. The smallest absolute Gasteiger partial charge is 0.267 e. The number of benzene rings is 1. The third-order valence-electron chi connectivity index (χ3n) is 3.35. The lowest BCUT2D eigenvalue weighted by molar-refractivity contribution is 0.0947. The summed E-state index contributed by atoms with van der Waals surface area (Å²) in [7, 11) is 0. The molecule has 1 aromatic carbocycles. The second kappa shape index (κ2) is 6.03. The van der Waals surface area contributed by atoms with Gasteiger partial charge in [0, 0.05) is 17.6 Å². The highest BCUT2D eigenvalue weighted by molar-refractivity contribution is 9.10. The first kappa shape index (κ1) is 14.4. The molecule has 3 rings (SSSR count). The summed E-state index contributed by atoms with van der Waals surface area (Å²) >= 11 is 5.11. The molecule has 0 saturated carbocycles. The van der Waals surface area contributed by atoms with Gasteiger partial charge in [-0.15, -0.1) is 11.3 Å². The number of carbonyl (C=O) groups is 1. The fourth-order valence-corrected chi connectivity index (χ4v) is 3.45. The predicted octanol–water partition coefficient (Wildman–Crippen LogP) is 4.26. The number of nitrogens with zero attached hydrogens (tertiary/aromatic N) is 1. The van der Waals surface area contributed by atoms with Crippen molar-refractivity contribution in [2.45, 2.75) is 13.5 Å². The van der Waals surface area contributed by atoms with Crippen LogP contribution in [0.2, 0.25) is 0 Å². The van der Waals surface area contributed by atoms with Crippen LogP contribution in [0.3, 0.4) is 0 Å². The van der Waals surface area contributed by atoms with Crippen LogP contribution in [-0.4, -0.2) is 17.0 Å². The highest BCUT2D eigenvalue weighted by Gasteiger charge is 2.16. The molecule has 0 aliphatic rings. The summed E-state index contributed by atoms with van der Waals surface area (Å²) in [5.74, 6) is -0.0157. The zero-order valence-corrected chi connectivity index (χ0v) is 14.0. The van der Waals surface area contributed by atoms with Crippen LogP contribution in [0.5, 0.6) is 0 Å². The number of hydrogen-bond donors (Lipinski definition) is 1. The minimum absolute atomic E-state index is 0.0157. The van der Waals surface area contributed by atoms with Crippen LogP contribution in [0, 0.1) is 0 Å². The number of aromatic nitrogens is 1. The van der Waals surface area contributed by atoms with Crippen molar-refractivity contribution in [3.8, 4) is 0 Å². The Bertz CT molecular complexity index is 773. The number of fused-ring (bicyclic) bond motifs is 1. The molecular weight excluding hydrogens is 348 g/mol. The Morgan fingerprint density at radius 3 is 2.76 bits per heavy atom. The Morgan fingerprint density at radius 1 is 1.29 bits per heavy atom. The molecule has 0 unspecified atom stereocenters. The summed E-state index contributed by atoms with van der Waals surface area (Å²) in [6, 6.07) is 12.2. The third-order valence-corrected chi connectivity index (χ3v) is 4.73. The predicted molar refractivity (Wildman–Crippen MR) is 91.1 cm³/mol. The summed E-state index contributed by atoms with van der Waals surface area (Å²) in [5.41, 5.74) is 3.01. The number of thiophene rings is 1. The Labute approximate surface area is 135 Å². The maximum Gasteiger partial charge on any atom is 0.267 e. The van der Waals surface area contributed by atoms with E-state index in [1.165, 1.54) is 5.56 Å². The fourth-order valence-electron chi connectivity index (χ4n) is 2.36. The van der Waals surface area contributed by atoms with Crippen molar-refractivity contribution in [2.24, 2.45) is 0 Å². The molecule has 3 nitrogen and oxygen atoms in total. The van der Waals surface area contributed by atoms with Crippen molar-refractivity contribution >= 4 is 43.4 Å². The fraction of sp³-hybridized carbons (Fsp3) is 0.188. The SMILES string of the molecule is CCNC(=O)c1cc2sccc2n1Cc1ccc(Br)cc1. The molecule has 2 heterocycles. The number of rotatable bonds is 4. The lowest BCUT2D eigenvalue weighted by Gasteiger charge is -2.10. The van der Waals surface area contributed by atoms with E-state index in [0.29, 0.717) is 13.1 Å². The van der Waals surface area contributed by atoms with E-state index in [-0.39, 0.29) is 5.91 Å². The zero-order chi connectivity index (χ0) is 14.8. The van der Waals surface area contributed by atoms with E-state index in [1.54, 1.807) is 11.3 Å². The van der Waals surface area contributed by atoms with Gasteiger partial charge in [0.1, 0.15) is 5.69 Å². The largest absolute Gasteiger partial charge is 0.351 e. The molecule has 0 aliphatic heterocycles. The highest BCUT2D eigenvalue weighted by atomic mass is 79.9. The van der Waals surface area contributed by atoms with Crippen LogP contribution in [0.1, 0.15) is 23.0 Å². The highest BCUT2D eigenvalue weighted by Crippen LogP contribution is 2.26. The van der Waals surface area contributed by atoms with Gasteiger partial charge in [0.2, 0.25) is 0 Å². The van der Waals surface area contributed by atoms with E-state index < -0.39 is 0 Å². The lowest BCUT2D eigenvalue weighted by atomic mass is 10.2. The van der Waals surface area contributed by atoms with E-state index in [9.17, 15) is 4.79 Å². The monoisotopic (exact) mass is 362 g/mol. The minimum atomic E-state index is -0.0157. The zero-order valence-electron chi connectivity index (χ0n) is 11.6. The van der Waals surface area contributed by atoms with Crippen molar-refractivity contribution in [1.82, 2.24) is 9.88 Å². The van der Waals surface area contributed by atoms with Crippen molar-refractivity contribution in [1.29, 1.82) is 0 Å². The van der Waals surface area contributed by atoms with Gasteiger partial charge in [0.05, 0.1) is 10.2 Å². The van der Waals surface area contributed by atoms with Gasteiger partial charge in [-0.05, 0) is 42.1 Å². The van der Waals surface area contributed by atoms with E-state index in [2.05, 4.69) is 49.4 Å². The normalized spacial score (nSPS) is 11.0. The van der Waals surface area contributed by atoms with Gasteiger partial charge in [-0.2, -0.15) is 0 Å². The molecule has 0 atom stereocenters. The maximum atomic E-state index is 12.2. The van der Waals surface area contributed by atoms with Gasteiger partial charge < -0.3 is 9.88 Å². The van der Waals surface area contributed by atoms with Crippen LogP contribution in [0.4, 0.5) is 0 Å². The lowest BCUT2D eigenvalue weighted by Crippen LogP contribution is -2.25. The molecule has 0 spiro atoms. The van der Waals surface area contributed by atoms with Gasteiger partial charge in [-0.1, -0.05) is 28.1 Å². The minimum Gasteiger partial charge on any atom is -0.351 e. The van der Waals surface area contributed by atoms with Gasteiger partial charge in [0.25, 0.3) is 5.91 Å². The molecule has 1 amide bonds. The Balaban J connectivity index is 2.02. The third kappa shape index (κ3) is 2.89. The van der Waals surface area contributed by atoms with Crippen LogP contribution >= 0.6 is 27.3 Å². The number of halogens is 1. The summed E-state index contributed by atoms with van der Waals surface area (Å²) < 4.78 is 4.29. The van der Waals surface area contributed by atoms with Crippen molar-refractivity contribution in [3.05, 3.63) is 57.5 Å². The quantitative estimate of drug-likeness (QED) is 0.738. The molecule has 21 heavy (non-hydrogen) atoms. The summed E-state index contributed by atoms with van der Waals surface area (Å²) in [6.07, 6.45) is 0. The van der Waals surface area contributed by atoms with Crippen molar-refractivity contribution in [2.75, 3.05) is 6.54 Å². The first-order valence-corrected chi connectivity index (χ1v) is 8.45. The molecule has 3 aromatic rings. The Hall–Kier alpha value is -1.59. The van der Waals surface area contributed by atoms with Crippen molar-refractivity contribution < 1.29 is 4.79 Å². The molecule has 0 bridgehead atoms. The average Bonchev–Trinajstić information content (AvgIpc) is 3.04. The molecule has 2 aromatic heterocycles. The molecule has 1 N–H and O–H groups in total. The molecule has 0 fully saturated rings. The topological polar surface area (TPSA) is 34.0 Å². The van der Waals surface area contributed by atoms with E-state index in [4.69, 9.17) is 0 Å². The van der Waals surface area contributed by atoms with Crippen LogP contribution in [0.25, 0.3) is 10.2 Å². The summed E-state index contributed by atoms with van der Waals surface area (Å²) in [6.45, 7) is 3.26. The van der Waals surface area contributed by atoms with E-state index in [0.717, 1.165) is 20.4 Å². The first-order chi connectivity index (χ1) is 10.2. The summed E-state index contributed by atoms with van der Waals surface area (Å²) in [5, 5.41) is 4.95. The second-order valence-corrected chi connectivity index (χ2v) is 6.64. The standard InChI is InChI=1S/C16H15BrN2OS/c1-2-18-16(20)14-9-15-13(7-8-21-15)19(14)10-11-3-5-12(17)6-4-11/h3-9H,2,10H2,1H3,(H,18,20). The van der Waals surface area contributed by atoms with Crippen LogP contribution in [-0.2, 0) is 6.54 Å². The number of carbonyl (C=O) groups excluding carboxylic acids is 1. The van der Waals surface area contributed by atoms with E-state index in [1.807, 2.05) is 25.1 Å². The van der Waals surface area contributed by atoms with Crippen LogP contribution in [0.15, 0.2) is 46.3 Å². The van der Waals surface area contributed by atoms with Crippen molar-refractivity contribution in [3.63, 3.8) is 0 Å². The van der Waals surface area contributed by atoms with Crippen LogP contribution < -0.4 is 5.32 Å². The average molecular weight is 363 g/mol. The number of hydrogen-bond acceptors (Lipinski definition) is 2. The molecule has 0 radical (unpaired) electrons. The number of amides is 1. The molecule has 0 saturated heterocycles. The molecule has 0 aliphatic carbocycles. The Kier molecular flexibility index (Phi) is 4.12. The Morgan fingerprint density at radius 2 is 2.05 bits per heavy atom. The molecular formula is C16H15BrN2OS.